The van der Waals surface area contributed by atoms with Crippen LogP contribution in [0, 0.1) is 0 Å². The lowest BCUT2D eigenvalue weighted by Crippen LogP contribution is -2.22. The van der Waals surface area contributed by atoms with E-state index in [1.165, 1.54) is 7.11 Å². The first-order valence-electron chi connectivity index (χ1n) is 7.89. The minimum Gasteiger partial charge on any atom is -0.497 e. The minimum absolute atomic E-state index is 0.156. The summed E-state index contributed by atoms with van der Waals surface area (Å²) >= 11 is 0. The number of methoxy groups -OCH3 is 2. The zero-order chi connectivity index (χ0) is 17.9. The molecule has 0 aliphatic carbocycles. The summed E-state index contributed by atoms with van der Waals surface area (Å²) in [5, 5.41) is 0.650. The van der Waals surface area contributed by atoms with Crippen molar-refractivity contribution in [2.75, 3.05) is 14.2 Å². The Balaban J connectivity index is 2.57. The van der Waals surface area contributed by atoms with Gasteiger partial charge in [0.25, 0.3) is 0 Å². The smallest absolute Gasteiger partial charge is 0.329 e. The molecule has 2 rings (SSSR count). The number of ether oxygens (including phenoxy) is 3. The zero-order valence-corrected chi connectivity index (χ0v) is 14.7. The first-order chi connectivity index (χ1) is 11.5. The Hall–Kier alpha value is -2.50. The van der Waals surface area contributed by atoms with Crippen LogP contribution >= 0.6 is 0 Å². The number of benzene rings is 1. The Morgan fingerprint density at radius 3 is 2.50 bits per heavy atom. The molecule has 0 spiro atoms. The highest BCUT2D eigenvalue weighted by Gasteiger charge is 2.23. The van der Waals surface area contributed by atoms with Crippen LogP contribution in [0.2, 0.25) is 0 Å². The summed E-state index contributed by atoms with van der Waals surface area (Å²) in [6, 6.07) is 2.91. The molecule has 1 heterocycles. The van der Waals surface area contributed by atoms with Gasteiger partial charge in [0.1, 0.15) is 17.5 Å². The predicted octanol–water partition coefficient (Wildman–Crippen LogP) is 3.37. The summed E-state index contributed by atoms with van der Waals surface area (Å²) in [7, 11) is 3.08. The van der Waals surface area contributed by atoms with Crippen molar-refractivity contribution in [3.05, 3.63) is 23.9 Å². The van der Waals surface area contributed by atoms with Crippen molar-refractivity contribution in [3.63, 3.8) is 0 Å². The largest absolute Gasteiger partial charge is 0.497 e. The van der Waals surface area contributed by atoms with Crippen LogP contribution in [0.15, 0.2) is 18.3 Å². The Morgan fingerprint density at radius 1 is 1.25 bits per heavy atom. The molecule has 0 N–H and O–H groups in total. The standard InChI is InChI=1S/C18H23NO5/c1-6-11(2)24-18(21)12(3)19-9-13(10-20)17-15(19)7-14(22-4)8-16(17)23-5/h7-12H,6H2,1-5H3. The predicted molar refractivity (Wildman–Crippen MR) is 91.0 cm³/mol. The number of hydrogen-bond acceptors (Lipinski definition) is 5. The maximum atomic E-state index is 12.4. The van der Waals surface area contributed by atoms with Gasteiger partial charge in [0.15, 0.2) is 6.29 Å². The number of carbonyl (C=O) groups excluding carboxylic acids is 2. The van der Waals surface area contributed by atoms with Gasteiger partial charge in [-0.05, 0) is 20.3 Å². The van der Waals surface area contributed by atoms with Gasteiger partial charge in [0, 0.05) is 23.9 Å². The topological polar surface area (TPSA) is 66.8 Å². The number of aromatic nitrogens is 1. The number of nitrogens with zero attached hydrogens (tertiary/aromatic N) is 1. The summed E-state index contributed by atoms with van der Waals surface area (Å²) in [6.07, 6.45) is 2.98. The average Bonchev–Trinajstić information content (AvgIpc) is 2.98. The molecule has 2 aromatic rings. The maximum absolute atomic E-state index is 12.4. The lowest BCUT2D eigenvalue weighted by atomic mass is 10.1. The second-order valence-electron chi connectivity index (χ2n) is 5.67. The van der Waals surface area contributed by atoms with Gasteiger partial charge < -0.3 is 18.8 Å². The van der Waals surface area contributed by atoms with E-state index < -0.39 is 6.04 Å². The molecule has 6 nitrogen and oxygen atoms in total. The molecule has 0 fully saturated rings. The second-order valence-corrected chi connectivity index (χ2v) is 5.67. The number of carbonyl (C=O) groups is 2. The molecular weight excluding hydrogens is 310 g/mol. The highest BCUT2D eigenvalue weighted by atomic mass is 16.5. The van der Waals surface area contributed by atoms with Crippen molar-refractivity contribution in [2.24, 2.45) is 0 Å². The third-order valence-electron chi connectivity index (χ3n) is 4.13. The molecule has 0 radical (unpaired) electrons. The van der Waals surface area contributed by atoms with Crippen LogP contribution in [0.4, 0.5) is 0 Å². The Labute approximate surface area is 141 Å². The van der Waals surface area contributed by atoms with E-state index in [1.54, 1.807) is 36.9 Å². The van der Waals surface area contributed by atoms with Gasteiger partial charge in [-0.15, -0.1) is 0 Å². The van der Waals surface area contributed by atoms with Crippen molar-refractivity contribution < 1.29 is 23.8 Å². The van der Waals surface area contributed by atoms with Gasteiger partial charge in [-0.1, -0.05) is 6.92 Å². The molecule has 1 aromatic carbocycles. The molecule has 0 aliphatic heterocycles. The van der Waals surface area contributed by atoms with Crippen LogP contribution in [0.1, 0.15) is 43.6 Å². The summed E-state index contributed by atoms with van der Waals surface area (Å²) in [6.45, 7) is 5.54. The van der Waals surface area contributed by atoms with E-state index in [2.05, 4.69) is 0 Å². The fourth-order valence-electron chi connectivity index (χ4n) is 2.54. The van der Waals surface area contributed by atoms with E-state index >= 15 is 0 Å². The highest BCUT2D eigenvalue weighted by Crippen LogP contribution is 2.36. The highest BCUT2D eigenvalue weighted by molar-refractivity contribution is 6.02. The fourth-order valence-corrected chi connectivity index (χ4v) is 2.54. The van der Waals surface area contributed by atoms with Crippen LogP contribution in [-0.2, 0) is 9.53 Å². The van der Waals surface area contributed by atoms with Crippen molar-refractivity contribution in [2.45, 2.75) is 39.3 Å². The molecule has 1 aromatic heterocycles. The Bertz CT molecular complexity index is 749. The summed E-state index contributed by atoms with van der Waals surface area (Å²) in [5.41, 5.74) is 1.13. The average molecular weight is 333 g/mol. The molecule has 24 heavy (non-hydrogen) atoms. The number of esters is 1. The molecule has 0 bridgehead atoms. The molecule has 0 amide bonds. The molecule has 0 saturated heterocycles. The number of rotatable bonds is 7. The van der Waals surface area contributed by atoms with Crippen LogP contribution in [-0.4, -0.2) is 37.1 Å². The van der Waals surface area contributed by atoms with Crippen molar-refractivity contribution in [1.29, 1.82) is 0 Å². The van der Waals surface area contributed by atoms with Gasteiger partial charge >= 0.3 is 5.97 Å². The normalized spacial score (nSPS) is 13.4. The van der Waals surface area contributed by atoms with Gasteiger partial charge in [-0.2, -0.15) is 0 Å². The number of fused-ring (bicyclic) bond motifs is 1. The molecule has 6 heteroatoms. The van der Waals surface area contributed by atoms with E-state index in [1.807, 2.05) is 13.8 Å². The zero-order valence-electron chi connectivity index (χ0n) is 14.7. The van der Waals surface area contributed by atoms with Crippen LogP contribution in [0.3, 0.4) is 0 Å². The van der Waals surface area contributed by atoms with E-state index in [-0.39, 0.29) is 12.1 Å². The number of hydrogen-bond donors (Lipinski definition) is 0. The van der Waals surface area contributed by atoms with E-state index in [4.69, 9.17) is 14.2 Å². The molecule has 2 unspecified atom stereocenters. The maximum Gasteiger partial charge on any atom is 0.329 e. The minimum atomic E-state index is -0.577. The fraction of sp³-hybridized carbons (Fsp3) is 0.444. The SMILES string of the molecule is CCC(C)OC(=O)C(C)n1cc(C=O)c2c(OC)cc(OC)cc21. The first-order valence-corrected chi connectivity index (χ1v) is 7.89. The Kier molecular flexibility index (Phi) is 5.49. The molecule has 2 atom stereocenters. The molecular formula is C18H23NO5. The van der Waals surface area contributed by atoms with Gasteiger partial charge in [-0.25, -0.2) is 4.79 Å². The monoisotopic (exact) mass is 333 g/mol. The number of aldehydes is 1. The molecule has 0 saturated carbocycles. The summed E-state index contributed by atoms with van der Waals surface area (Å²) in [5.74, 6) is 0.756. The van der Waals surface area contributed by atoms with Gasteiger partial charge in [-0.3, -0.25) is 4.79 Å². The van der Waals surface area contributed by atoms with Crippen molar-refractivity contribution >= 4 is 23.2 Å². The van der Waals surface area contributed by atoms with Crippen LogP contribution in [0.25, 0.3) is 10.9 Å². The van der Waals surface area contributed by atoms with Crippen LogP contribution in [0.5, 0.6) is 11.5 Å². The third-order valence-corrected chi connectivity index (χ3v) is 4.13. The van der Waals surface area contributed by atoms with Gasteiger partial charge in [0.2, 0.25) is 0 Å². The summed E-state index contributed by atoms with van der Waals surface area (Å²) < 4.78 is 17.8. The lowest BCUT2D eigenvalue weighted by Gasteiger charge is -2.18. The Morgan fingerprint density at radius 2 is 1.96 bits per heavy atom. The lowest BCUT2D eigenvalue weighted by molar-refractivity contribution is -0.151. The van der Waals surface area contributed by atoms with Crippen molar-refractivity contribution in [3.8, 4) is 11.5 Å². The quantitative estimate of drug-likeness (QED) is 0.574. The van der Waals surface area contributed by atoms with E-state index in [0.717, 1.165) is 12.7 Å². The molecule has 130 valence electrons. The van der Waals surface area contributed by atoms with Crippen LogP contribution < -0.4 is 9.47 Å². The van der Waals surface area contributed by atoms with Crippen molar-refractivity contribution in [1.82, 2.24) is 4.57 Å². The summed E-state index contributed by atoms with van der Waals surface area (Å²) in [4.78, 5) is 23.8. The first kappa shape index (κ1) is 17.8. The second kappa shape index (κ2) is 7.38. The van der Waals surface area contributed by atoms with Gasteiger partial charge in [0.05, 0.1) is 31.2 Å². The van der Waals surface area contributed by atoms with E-state index in [9.17, 15) is 9.59 Å². The third kappa shape index (κ3) is 3.22. The molecule has 0 aliphatic rings. The van der Waals surface area contributed by atoms with E-state index in [0.29, 0.717) is 28.0 Å².